The molecule has 1 saturated heterocycles. The molecule has 3 aliphatic heterocycles. The van der Waals surface area contributed by atoms with Gasteiger partial charge in [0, 0.05) is 68.2 Å². The maximum Gasteiger partial charge on any atom is 0.254 e. The second kappa shape index (κ2) is 9.50. The maximum absolute atomic E-state index is 13.6. The van der Waals surface area contributed by atoms with Gasteiger partial charge in [-0.1, -0.05) is 5.21 Å². The van der Waals surface area contributed by atoms with Crippen molar-refractivity contribution < 1.29 is 19.1 Å². The molecule has 196 valence electrons. The number of benzene rings is 1. The number of carbonyl (C=O) groups excluding carboxylic acids is 2. The predicted molar refractivity (Wildman–Crippen MR) is 138 cm³/mol. The highest BCUT2D eigenvalue weighted by molar-refractivity contribution is 5.98. The molecule has 1 aromatic carbocycles. The number of carbonyl (C=O) groups is 2. The number of hydrogen-bond acceptors (Lipinski definition) is 7. The number of H-pyrrole nitrogens is 1. The highest BCUT2D eigenvalue weighted by Gasteiger charge is 2.35. The topological polar surface area (TPSA) is 114 Å². The Balaban J connectivity index is 1.01. The quantitative estimate of drug-likeness (QED) is 0.503. The lowest BCUT2D eigenvalue weighted by atomic mass is 10.0. The molecular formula is C28H30N6O4. The Morgan fingerprint density at radius 3 is 2.34 bits per heavy atom. The van der Waals surface area contributed by atoms with Crippen LogP contribution >= 0.6 is 0 Å². The second-order valence-corrected chi connectivity index (χ2v) is 10.8. The summed E-state index contributed by atoms with van der Waals surface area (Å²) in [5.41, 5.74) is 5.97. The molecule has 3 aromatic rings. The molecule has 2 aromatic heterocycles. The van der Waals surface area contributed by atoms with E-state index in [2.05, 4.69) is 15.4 Å². The van der Waals surface area contributed by atoms with E-state index in [0.29, 0.717) is 67.1 Å². The molecule has 0 atom stereocenters. The number of ether oxygens (including phenoxy) is 2. The van der Waals surface area contributed by atoms with Gasteiger partial charge in [0.1, 0.15) is 5.52 Å². The fourth-order valence-electron chi connectivity index (χ4n) is 5.64. The first-order valence-corrected chi connectivity index (χ1v) is 13.4. The third-order valence-corrected chi connectivity index (χ3v) is 8.05. The minimum absolute atomic E-state index is 0.00558. The maximum atomic E-state index is 13.6. The van der Waals surface area contributed by atoms with Crippen LogP contribution in [0.1, 0.15) is 58.0 Å². The van der Waals surface area contributed by atoms with Crippen LogP contribution in [0, 0.1) is 5.92 Å². The average Bonchev–Trinajstić information content (AvgIpc) is 3.37. The summed E-state index contributed by atoms with van der Waals surface area (Å²) in [6.45, 7) is 4.32. The van der Waals surface area contributed by atoms with Crippen molar-refractivity contribution >= 4 is 22.8 Å². The summed E-state index contributed by atoms with van der Waals surface area (Å²) in [6.07, 6.45) is 4.20. The van der Waals surface area contributed by atoms with E-state index in [0.717, 1.165) is 61.3 Å². The summed E-state index contributed by atoms with van der Waals surface area (Å²) in [6, 6.07) is 9.13. The molecule has 0 radical (unpaired) electrons. The summed E-state index contributed by atoms with van der Waals surface area (Å²) < 4.78 is 11.5. The molecule has 2 amide bonds. The molecule has 2 fully saturated rings. The van der Waals surface area contributed by atoms with Crippen LogP contribution in [0.4, 0.5) is 0 Å². The SMILES string of the molecule is O=C(c1cc(OCC2CCOCC2)nc(C2CC2)c1)N1CC2=C(C1)CN(C(=O)c1ccc3[nH]nnc3c1)C2. The summed E-state index contributed by atoms with van der Waals surface area (Å²) >= 11 is 0. The van der Waals surface area contributed by atoms with Gasteiger partial charge in [-0.2, -0.15) is 0 Å². The lowest BCUT2D eigenvalue weighted by molar-refractivity contribution is 0.0490. The van der Waals surface area contributed by atoms with Crippen molar-refractivity contribution in [2.75, 3.05) is 46.0 Å². The van der Waals surface area contributed by atoms with Crippen LogP contribution in [-0.2, 0) is 4.74 Å². The van der Waals surface area contributed by atoms with Gasteiger partial charge in [0.05, 0.1) is 12.1 Å². The standard InChI is InChI=1S/C28H30N6O4/c35-27(19-3-4-23-25(9-19)31-32-30-23)33-12-21-14-34(15-22(21)13-33)28(36)20-10-24(18-1-2-18)29-26(11-20)38-16-17-5-7-37-8-6-17/h3-4,9-11,17-18H,1-2,5-8,12-16H2,(H,30,31,32). The molecule has 4 aliphatic rings. The molecule has 7 rings (SSSR count). The van der Waals surface area contributed by atoms with E-state index < -0.39 is 0 Å². The number of rotatable bonds is 6. The van der Waals surface area contributed by atoms with Crippen LogP contribution in [0.5, 0.6) is 5.88 Å². The van der Waals surface area contributed by atoms with E-state index in [4.69, 9.17) is 14.5 Å². The van der Waals surface area contributed by atoms with Crippen molar-refractivity contribution in [2.45, 2.75) is 31.6 Å². The van der Waals surface area contributed by atoms with E-state index in [1.807, 2.05) is 21.9 Å². The molecule has 10 nitrogen and oxygen atoms in total. The number of aromatic amines is 1. The molecule has 1 saturated carbocycles. The largest absolute Gasteiger partial charge is 0.477 e. The van der Waals surface area contributed by atoms with Gasteiger partial charge in [-0.15, -0.1) is 5.10 Å². The number of nitrogens with one attached hydrogen (secondary N) is 1. The number of pyridine rings is 1. The molecule has 1 aliphatic carbocycles. The highest BCUT2D eigenvalue weighted by atomic mass is 16.5. The lowest BCUT2D eigenvalue weighted by Crippen LogP contribution is -2.36. The Labute approximate surface area is 220 Å². The van der Waals surface area contributed by atoms with Crippen LogP contribution in [-0.4, -0.2) is 88.0 Å². The highest BCUT2D eigenvalue weighted by Crippen LogP contribution is 2.40. The Kier molecular flexibility index (Phi) is 5.84. The molecule has 10 heteroatoms. The van der Waals surface area contributed by atoms with Gasteiger partial charge in [0.15, 0.2) is 0 Å². The summed E-state index contributed by atoms with van der Waals surface area (Å²) in [4.78, 5) is 35.2. The predicted octanol–water partition coefficient (Wildman–Crippen LogP) is 2.94. The van der Waals surface area contributed by atoms with Crippen molar-refractivity contribution in [3.63, 3.8) is 0 Å². The number of fused-ring (bicyclic) bond motifs is 1. The van der Waals surface area contributed by atoms with Gasteiger partial charge < -0.3 is 19.3 Å². The third kappa shape index (κ3) is 4.53. The van der Waals surface area contributed by atoms with Crippen molar-refractivity contribution in [3.8, 4) is 5.88 Å². The van der Waals surface area contributed by atoms with E-state index in [9.17, 15) is 9.59 Å². The van der Waals surface area contributed by atoms with E-state index in [1.54, 1.807) is 18.2 Å². The number of aromatic nitrogens is 4. The Bertz CT molecular complexity index is 1420. The van der Waals surface area contributed by atoms with Gasteiger partial charge in [0.25, 0.3) is 11.8 Å². The molecule has 0 unspecified atom stereocenters. The lowest BCUT2D eigenvalue weighted by Gasteiger charge is -2.24. The summed E-state index contributed by atoms with van der Waals surface area (Å²) in [7, 11) is 0. The zero-order valence-corrected chi connectivity index (χ0v) is 21.2. The Hall–Kier alpha value is -3.79. The summed E-state index contributed by atoms with van der Waals surface area (Å²) in [5.74, 6) is 1.39. The molecule has 38 heavy (non-hydrogen) atoms. The van der Waals surface area contributed by atoms with Gasteiger partial charge >= 0.3 is 0 Å². The van der Waals surface area contributed by atoms with Gasteiger partial charge in [0.2, 0.25) is 5.88 Å². The van der Waals surface area contributed by atoms with Crippen molar-refractivity contribution in [3.05, 3.63) is 58.3 Å². The first-order chi connectivity index (χ1) is 18.6. The smallest absolute Gasteiger partial charge is 0.254 e. The van der Waals surface area contributed by atoms with Crippen molar-refractivity contribution in [2.24, 2.45) is 5.92 Å². The van der Waals surface area contributed by atoms with Crippen LogP contribution in [0.25, 0.3) is 11.0 Å². The monoisotopic (exact) mass is 514 g/mol. The van der Waals surface area contributed by atoms with Gasteiger partial charge in [-0.3, -0.25) is 14.7 Å². The zero-order valence-electron chi connectivity index (χ0n) is 21.2. The minimum atomic E-state index is -0.0308. The fraction of sp³-hybridized carbons (Fsp3) is 0.464. The molecular weight excluding hydrogens is 484 g/mol. The Morgan fingerprint density at radius 1 is 0.921 bits per heavy atom. The minimum Gasteiger partial charge on any atom is -0.477 e. The van der Waals surface area contributed by atoms with Crippen molar-refractivity contribution in [1.29, 1.82) is 0 Å². The van der Waals surface area contributed by atoms with E-state index >= 15 is 0 Å². The number of hydrogen-bond donors (Lipinski definition) is 1. The molecule has 0 bridgehead atoms. The fourth-order valence-corrected chi connectivity index (χ4v) is 5.64. The van der Waals surface area contributed by atoms with Crippen LogP contribution in [0.15, 0.2) is 41.5 Å². The normalized spacial score (nSPS) is 19.9. The first-order valence-electron chi connectivity index (χ1n) is 13.4. The van der Waals surface area contributed by atoms with Gasteiger partial charge in [-0.25, -0.2) is 4.98 Å². The second-order valence-electron chi connectivity index (χ2n) is 10.8. The molecule has 5 heterocycles. The average molecular weight is 515 g/mol. The first kappa shape index (κ1) is 23.3. The summed E-state index contributed by atoms with van der Waals surface area (Å²) in [5, 5.41) is 10.6. The Morgan fingerprint density at radius 2 is 1.63 bits per heavy atom. The van der Waals surface area contributed by atoms with Gasteiger partial charge in [-0.05, 0) is 67.0 Å². The third-order valence-electron chi connectivity index (χ3n) is 8.05. The molecule has 0 spiro atoms. The number of amides is 2. The zero-order chi connectivity index (χ0) is 25.6. The van der Waals surface area contributed by atoms with E-state index in [-0.39, 0.29) is 11.8 Å². The molecule has 1 N–H and O–H groups in total. The van der Waals surface area contributed by atoms with Crippen molar-refractivity contribution in [1.82, 2.24) is 30.2 Å². The van der Waals surface area contributed by atoms with Crippen LogP contribution in [0.3, 0.4) is 0 Å². The van der Waals surface area contributed by atoms with E-state index in [1.165, 1.54) is 0 Å². The van der Waals surface area contributed by atoms with Crippen LogP contribution in [0.2, 0.25) is 0 Å². The number of nitrogens with zero attached hydrogens (tertiary/aromatic N) is 5. The van der Waals surface area contributed by atoms with Crippen LogP contribution < -0.4 is 4.74 Å².